The molecule has 266 valence electrons. The number of hydrogen-bond acceptors (Lipinski definition) is 7. The molecule has 7 rings (SSSR count). The lowest BCUT2D eigenvalue weighted by molar-refractivity contribution is -0.125. The quantitative estimate of drug-likeness (QED) is 0.0595. The minimum Gasteiger partial charge on any atom is -0.508 e. The number of phenolic OH excluding ortho intramolecular Hbond substituents is 1. The molecule has 3 aromatic rings. The van der Waals surface area contributed by atoms with E-state index in [1.807, 2.05) is 0 Å². The number of hydrogen-bond donors (Lipinski definition) is 1. The van der Waals surface area contributed by atoms with E-state index in [1.54, 1.807) is 30.3 Å². The van der Waals surface area contributed by atoms with E-state index in [0.717, 1.165) is 20.6 Å². The van der Waals surface area contributed by atoms with Crippen LogP contribution >= 0.6 is 45.8 Å². The maximum Gasteiger partial charge on any atom is 0.258 e. The summed E-state index contributed by atoms with van der Waals surface area (Å²) in [5.74, 6) is -22.6. The van der Waals surface area contributed by atoms with Gasteiger partial charge in [-0.25, -0.2) is 26.9 Å². The lowest BCUT2D eigenvalue weighted by atomic mass is 9.56. The molecule has 0 aromatic heterocycles. The lowest BCUT2D eigenvalue weighted by Gasteiger charge is -2.51. The van der Waals surface area contributed by atoms with Gasteiger partial charge in [-0.15, -0.1) is 23.2 Å². The number of nitrogens with zero attached hydrogens (tertiary/aromatic N) is 2. The average molecular weight is 863 g/mol. The van der Waals surface area contributed by atoms with Crippen LogP contribution in [0.4, 0.5) is 33.3 Å². The standard InChI is InChI=1S/C34H22Cl2F5IN2O7/c1-50-18-9-14(45)10-19(51-2)21(18)22-15-7-8-16-20(30(47)43(29(16)46)13-5-3-12(42)4-6-13)17(15)11-33(35)31(48)44(32(49)34(22,33)36)28-26(40)24(38)23(37)25(39)27(28)41/h3-7,9-10,16-17,20,22,45H,8,11H2,1-2H3. The molecule has 2 heterocycles. The fourth-order valence-corrected chi connectivity index (χ4v) is 9.22. The third kappa shape index (κ3) is 4.62. The van der Waals surface area contributed by atoms with E-state index in [2.05, 4.69) is 22.6 Å². The number of fused-ring (bicyclic) bond motifs is 4. The third-order valence-corrected chi connectivity index (χ3v) is 12.3. The Bertz CT molecular complexity index is 2080. The van der Waals surface area contributed by atoms with Gasteiger partial charge >= 0.3 is 0 Å². The second kappa shape index (κ2) is 12.0. The van der Waals surface area contributed by atoms with Crippen molar-refractivity contribution in [1.29, 1.82) is 0 Å². The van der Waals surface area contributed by atoms with Gasteiger partial charge in [-0.2, -0.15) is 0 Å². The number of halogens is 8. The lowest BCUT2D eigenvalue weighted by Crippen LogP contribution is -2.60. The number of carbonyl (C=O) groups excluding carboxylic acids is 4. The molecular weight excluding hydrogens is 841 g/mol. The van der Waals surface area contributed by atoms with Crippen LogP contribution in [-0.2, 0) is 19.2 Å². The number of methoxy groups -OCH3 is 2. The molecule has 3 aromatic carbocycles. The fraction of sp³-hybridized carbons (Fsp3) is 0.294. The molecule has 4 aliphatic rings. The Labute approximate surface area is 309 Å². The molecule has 2 aliphatic carbocycles. The number of rotatable bonds is 5. The van der Waals surface area contributed by atoms with Gasteiger partial charge in [0, 0.05) is 27.2 Å². The Balaban J connectivity index is 1.48. The normalized spacial score (nSPS) is 28.5. The predicted molar refractivity (Wildman–Crippen MR) is 179 cm³/mol. The van der Waals surface area contributed by atoms with Crippen LogP contribution in [0.1, 0.15) is 24.3 Å². The molecule has 0 radical (unpaired) electrons. The minimum atomic E-state index is -2.81. The number of carbonyl (C=O) groups is 4. The molecule has 0 bridgehead atoms. The number of amides is 4. The maximum absolute atomic E-state index is 15.3. The van der Waals surface area contributed by atoms with Gasteiger partial charge in [0.15, 0.2) is 33.0 Å². The van der Waals surface area contributed by atoms with Gasteiger partial charge < -0.3 is 14.6 Å². The molecule has 6 unspecified atom stereocenters. The number of alkyl halides is 2. The summed E-state index contributed by atoms with van der Waals surface area (Å²) in [4.78, 5) is 52.2. The van der Waals surface area contributed by atoms with E-state index in [0.29, 0.717) is 0 Å². The van der Waals surface area contributed by atoms with Crippen molar-refractivity contribution in [3.05, 3.63) is 86.3 Å². The van der Waals surface area contributed by atoms with Gasteiger partial charge in [-0.1, -0.05) is 11.6 Å². The van der Waals surface area contributed by atoms with E-state index in [4.69, 9.17) is 32.7 Å². The number of anilines is 2. The van der Waals surface area contributed by atoms with Crippen molar-refractivity contribution in [2.45, 2.75) is 28.5 Å². The summed E-state index contributed by atoms with van der Waals surface area (Å²) >= 11 is 16.4. The van der Waals surface area contributed by atoms with Crippen molar-refractivity contribution in [1.82, 2.24) is 0 Å². The molecule has 0 spiro atoms. The summed E-state index contributed by atoms with van der Waals surface area (Å²) in [5.41, 5.74) is -1.53. The Morgan fingerprint density at radius 2 is 1.35 bits per heavy atom. The van der Waals surface area contributed by atoms with Crippen molar-refractivity contribution in [3.63, 3.8) is 0 Å². The second-order valence-electron chi connectivity index (χ2n) is 12.4. The van der Waals surface area contributed by atoms with Crippen LogP contribution in [-0.4, -0.2) is 52.7 Å². The number of aromatic hydroxyl groups is 1. The molecule has 6 atom stereocenters. The predicted octanol–water partition coefficient (Wildman–Crippen LogP) is 6.48. The molecule has 1 saturated carbocycles. The summed E-state index contributed by atoms with van der Waals surface area (Å²) in [6.07, 6.45) is 0.803. The van der Waals surface area contributed by atoms with Crippen molar-refractivity contribution in [3.8, 4) is 17.2 Å². The molecule has 2 saturated heterocycles. The second-order valence-corrected chi connectivity index (χ2v) is 14.9. The van der Waals surface area contributed by atoms with Crippen molar-refractivity contribution < 1.29 is 55.7 Å². The minimum absolute atomic E-state index is 0.0626. The van der Waals surface area contributed by atoms with Gasteiger partial charge in [0.1, 0.15) is 22.9 Å². The van der Waals surface area contributed by atoms with Crippen LogP contribution in [0.5, 0.6) is 17.2 Å². The number of imide groups is 2. The van der Waals surface area contributed by atoms with Crippen LogP contribution < -0.4 is 19.3 Å². The fourth-order valence-electron chi connectivity index (χ4n) is 7.94. The Morgan fingerprint density at radius 3 is 1.90 bits per heavy atom. The first-order chi connectivity index (χ1) is 24.0. The van der Waals surface area contributed by atoms with Crippen LogP contribution in [0.25, 0.3) is 0 Å². The highest BCUT2D eigenvalue weighted by molar-refractivity contribution is 14.1. The van der Waals surface area contributed by atoms with E-state index in [1.165, 1.54) is 14.2 Å². The van der Waals surface area contributed by atoms with E-state index >= 15 is 8.78 Å². The summed E-state index contributed by atoms with van der Waals surface area (Å²) in [7, 11) is 2.39. The number of benzene rings is 3. The number of allylic oxidation sites excluding steroid dienone is 2. The molecule has 4 amide bonds. The van der Waals surface area contributed by atoms with Crippen LogP contribution in [0.3, 0.4) is 0 Å². The average Bonchev–Trinajstić information content (AvgIpc) is 3.44. The van der Waals surface area contributed by atoms with Crippen molar-refractivity contribution in [2.24, 2.45) is 17.8 Å². The highest BCUT2D eigenvalue weighted by Gasteiger charge is 2.77. The Hall–Kier alpha value is -3.96. The monoisotopic (exact) mass is 862 g/mol. The van der Waals surface area contributed by atoms with E-state index in [-0.39, 0.29) is 45.4 Å². The SMILES string of the molecule is COc1cc(O)cc(OC)c1C1C2=CCC3C(=O)N(c4ccc(I)cc4)C(=O)C3C2CC2(Cl)C(=O)N(c3c(F)c(F)c(F)c(F)c3F)C(=O)C12Cl. The first-order valence-corrected chi connectivity index (χ1v) is 16.9. The zero-order valence-corrected chi connectivity index (χ0v) is 29.7. The topological polar surface area (TPSA) is 113 Å². The smallest absolute Gasteiger partial charge is 0.258 e. The van der Waals surface area contributed by atoms with Crippen molar-refractivity contribution >= 4 is 80.8 Å². The summed E-state index contributed by atoms with van der Waals surface area (Å²) in [6.45, 7) is 0. The van der Waals surface area contributed by atoms with Gasteiger partial charge in [-0.3, -0.25) is 24.1 Å². The highest BCUT2D eigenvalue weighted by Crippen LogP contribution is 2.68. The summed E-state index contributed by atoms with van der Waals surface area (Å²) in [6, 6.07) is 8.77. The third-order valence-electron chi connectivity index (χ3n) is 10.1. The molecular formula is C34H22Cl2F5IN2O7. The zero-order chi connectivity index (χ0) is 37.1. The first kappa shape index (κ1) is 35.4. The number of ether oxygens (including phenoxy) is 2. The van der Waals surface area contributed by atoms with Gasteiger partial charge in [0.05, 0.1) is 31.7 Å². The van der Waals surface area contributed by atoms with Gasteiger partial charge in [0.25, 0.3) is 11.8 Å². The molecule has 9 nitrogen and oxygen atoms in total. The Kier molecular flexibility index (Phi) is 8.37. The molecule has 51 heavy (non-hydrogen) atoms. The maximum atomic E-state index is 15.3. The van der Waals surface area contributed by atoms with Crippen LogP contribution in [0, 0.1) is 50.4 Å². The zero-order valence-electron chi connectivity index (χ0n) is 26.1. The van der Waals surface area contributed by atoms with Crippen LogP contribution in [0.15, 0.2) is 48.0 Å². The molecule has 1 N–H and O–H groups in total. The first-order valence-electron chi connectivity index (χ1n) is 15.1. The van der Waals surface area contributed by atoms with E-state index in [9.17, 15) is 37.5 Å². The summed E-state index contributed by atoms with van der Waals surface area (Å²) in [5, 5.41) is 10.4. The highest BCUT2D eigenvalue weighted by atomic mass is 127. The van der Waals surface area contributed by atoms with E-state index < -0.39 is 98.2 Å². The molecule has 17 heteroatoms. The molecule has 2 aliphatic heterocycles. The Morgan fingerprint density at radius 1 is 0.804 bits per heavy atom. The molecule has 3 fully saturated rings. The summed E-state index contributed by atoms with van der Waals surface area (Å²) < 4.78 is 85.6. The van der Waals surface area contributed by atoms with Gasteiger partial charge in [0.2, 0.25) is 17.6 Å². The van der Waals surface area contributed by atoms with Crippen molar-refractivity contribution in [2.75, 3.05) is 24.0 Å². The van der Waals surface area contributed by atoms with Gasteiger partial charge in [-0.05, 0) is 65.6 Å². The largest absolute Gasteiger partial charge is 0.508 e. The van der Waals surface area contributed by atoms with Crippen LogP contribution in [0.2, 0.25) is 0 Å². The number of phenols is 1.